The lowest BCUT2D eigenvalue weighted by molar-refractivity contribution is 0.0944. The maximum atomic E-state index is 12.0. The van der Waals surface area contributed by atoms with Gasteiger partial charge in [-0.1, -0.05) is 12.1 Å². The van der Waals surface area contributed by atoms with E-state index >= 15 is 0 Å². The number of nitrogens with two attached hydrogens (primary N) is 1. The van der Waals surface area contributed by atoms with Gasteiger partial charge in [0.2, 0.25) is 10.0 Å². The number of nitrogens with one attached hydrogen (secondary N) is 2. The monoisotopic (exact) mass is 299 g/mol. The van der Waals surface area contributed by atoms with Gasteiger partial charge in [-0.15, -0.1) is 0 Å². The molecule has 0 unspecified atom stereocenters. The summed E-state index contributed by atoms with van der Waals surface area (Å²) in [5.41, 5.74) is 6.14. The number of carbonyl (C=O) groups is 1. The molecule has 7 heteroatoms. The van der Waals surface area contributed by atoms with E-state index in [1.54, 1.807) is 32.0 Å². The molecule has 1 amide bonds. The average molecular weight is 299 g/mol. The van der Waals surface area contributed by atoms with Crippen molar-refractivity contribution in [2.75, 3.05) is 12.8 Å². The first-order chi connectivity index (χ1) is 9.13. The summed E-state index contributed by atoms with van der Waals surface area (Å²) in [6, 6.07) is 7.00. The van der Waals surface area contributed by atoms with Gasteiger partial charge in [0.15, 0.2) is 0 Å². The van der Waals surface area contributed by atoms with Gasteiger partial charge in [-0.2, -0.15) is 0 Å². The second kappa shape index (κ2) is 6.34. The summed E-state index contributed by atoms with van der Waals surface area (Å²) in [5.74, 6) is -0.260. The lowest BCUT2D eigenvalue weighted by atomic mass is 10.1. The number of sulfonamides is 1. The second-order valence-corrected chi connectivity index (χ2v) is 7.09. The van der Waals surface area contributed by atoms with E-state index in [0.29, 0.717) is 12.1 Å². The van der Waals surface area contributed by atoms with Crippen molar-refractivity contribution in [3.8, 4) is 0 Å². The Balaban J connectivity index is 2.67. The average Bonchev–Trinajstić information content (AvgIpc) is 2.33. The standard InChI is InChI=1S/C13H21N3O3S/c1-13(2,16-20(3,18)19)9-15-12(17)11-6-4-5-10(7-11)8-14/h4-7,16H,8-9,14H2,1-3H3,(H,15,17). The number of hydrogen-bond acceptors (Lipinski definition) is 4. The molecule has 0 heterocycles. The van der Waals surface area contributed by atoms with Crippen LogP contribution in [0.3, 0.4) is 0 Å². The third kappa shape index (κ3) is 5.68. The van der Waals surface area contributed by atoms with Gasteiger partial charge in [-0.3, -0.25) is 4.79 Å². The van der Waals surface area contributed by atoms with Gasteiger partial charge in [0, 0.05) is 24.2 Å². The zero-order chi connectivity index (χ0) is 15.4. The minimum absolute atomic E-state index is 0.186. The van der Waals surface area contributed by atoms with Crippen LogP contribution in [0.4, 0.5) is 0 Å². The zero-order valence-electron chi connectivity index (χ0n) is 11.9. The fourth-order valence-corrected chi connectivity index (χ4v) is 2.86. The fourth-order valence-electron chi connectivity index (χ4n) is 1.78. The molecule has 0 atom stereocenters. The van der Waals surface area contributed by atoms with Gasteiger partial charge < -0.3 is 11.1 Å². The molecule has 0 fully saturated rings. The molecule has 1 aromatic carbocycles. The fraction of sp³-hybridized carbons (Fsp3) is 0.462. The van der Waals surface area contributed by atoms with Crippen molar-refractivity contribution < 1.29 is 13.2 Å². The first-order valence-electron chi connectivity index (χ1n) is 6.19. The molecule has 6 nitrogen and oxygen atoms in total. The summed E-state index contributed by atoms with van der Waals surface area (Å²) in [4.78, 5) is 12.0. The molecule has 4 N–H and O–H groups in total. The number of benzene rings is 1. The van der Waals surface area contributed by atoms with Gasteiger partial charge in [0.25, 0.3) is 5.91 Å². The lowest BCUT2D eigenvalue weighted by Crippen LogP contribution is -2.51. The van der Waals surface area contributed by atoms with E-state index in [0.717, 1.165) is 11.8 Å². The molecule has 0 aromatic heterocycles. The van der Waals surface area contributed by atoms with Crippen molar-refractivity contribution in [2.45, 2.75) is 25.9 Å². The molecule has 0 saturated heterocycles. The molecule has 0 saturated carbocycles. The number of hydrogen-bond donors (Lipinski definition) is 3. The van der Waals surface area contributed by atoms with Crippen LogP contribution in [-0.2, 0) is 16.6 Å². The van der Waals surface area contributed by atoms with Crippen molar-refractivity contribution in [3.05, 3.63) is 35.4 Å². The molecular formula is C13H21N3O3S. The summed E-state index contributed by atoms with van der Waals surface area (Å²) in [6.45, 7) is 3.95. The summed E-state index contributed by atoms with van der Waals surface area (Å²) >= 11 is 0. The Bertz CT molecular complexity index is 582. The molecule has 0 radical (unpaired) electrons. The molecule has 0 bridgehead atoms. The molecule has 112 valence electrons. The quantitative estimate of drug-likeness (QED) is 0.698. The zero-order valence-corrected chi connectivity index (χ0v) is 12.8. The van der Waals surface area contributed by atoms with Crippen molar-refractivity contribution >= 4 is 15.9 Å². The molecule has 1 aromatic rings. The van der Waals surface area contributed by atoms with E-state index < -0.39 is 15.6 Å². The third-order valence-electron chi connectivity index (χ3n) is 2.58. The molecule has 0 aliphatic rings. The van der Waals surface area contributed by atoms with Crippen LogP contribution >= 0.6 is 0 Å². The van der Waals surface area contributed by atoms with Crippen molar-refractivity contribution in [3.63, 3.8) is 0 Å². The molecule has 0 aliphatic carbocycles. The smallest absolute Gasteiger partial charge is 0.251 e. The highest BCUT2D eigenvalue weighted by molar-refractivity contribution is 7.88. The van der Waals surface area contributed by atoms with E-state index in [1.165, 1.54) is 0 Å². The Morgan fingerprint density at radius 2 is 2.00 bits per heavy atom. The van der Waals surface area contributed by atoms with Gasteiger partial charge in [-0.25, -0.2) is 13.1 Å². The van der Waals surface area contributed by atoms with E-state index in [1.807, 2.05) is 6.07 Å². The van der Waals surface area contributed by atoms with Crippen LogP contribution in [0.5, 0.6) is 0 Å². The van der Waals surface area contributed by atoms with Crippen LogP contribution in [0.1, 0.15) is 29.8 Å². The first-order valence-corrected chi connectivity index (χ1v) is 8.08. The van der Waals surface area contributed by atoms with Crippen LogP contribution in [0.15, 0.2) is 24.3 Å². The van der Waals surface area contributed by atoms with Gasteiger partial charge >= 0.3 is 0 Å². The van der Waals surface area contributed by atoms with E-state index in [4.69, 9.17) is 5.73 Å². The molecule has 20 heavy (non-hydrogen) atoms. The van der Waals surface area contributed by atoms with E-state index in [2.05, 4.69) is 10.0 Å². The maximum absolute atomic E-state index is 12.0. The Hall–Kier alpha value is -1.44. The minimum atomic E-state index is -3.32. The van der Waals surface area contributed by atoms with Gasteiger partial charge in [-0.05, 0) is 31.5 Å². The van der Waals surface area contributed by atoms with Crippen molar-refractivity contribution in [2.24, 2.45) is 5.73 Å². The highest BCUT2D eigenvalue weighted by atomic mass is 32.2. The molecule has 1 rings (SSSR count). The largest absolute Gasteiger partial charge is 0.350 e. The van der Waals surface area contributed by atoms with Crippen LogP contribution in [0.25, 0.3) is 0 Å². The molecular weight excluding hydrogens is 278 g/mol. The van der Waals surface area contributed by atoms with Crippen molar-refractivity contribution in [1.82, 2.24) is 10.0 Å². The Morgan fingerprint density at radius 3 is 2.55 bits per heavy atom. The van der Waals surface area contributed by atoms with Crippen LogP contribution in [0.2, 0.25) is 0 Å². The summed E-state index contributed by atoms with van der Waals surface area (Å²) in [5, 5.41) is 2.71. The topological polar surface area (TPSA) is 101 Å². The van der Waals surface area contributed by atoms with Crippen LogP contribution in [0, 0.1) is 0 Å². The number of amides is 1. The van der Waals surface area contributed by atoms with Crippen LogP contribution in [-0.4, -0.2) is 32.7 Å². The summed E-state index contributed by atoms with van der Waals surface area (Å²) < 4.78 is 24.9. The summed E-state index contributed by atoms with van der Waals surface area (Å²) in [7, 11) is -3.32. The number of carbonyl (C=O) groups excluding carboxylic acids is 1. The lowest BCUT2D eigenvalue weighted by Gasteiger charge is -2.25. The van der Waals surface area contributed by atoms with E-state index in [9.17, 15) is 13.2 Å². The van der Waals surface area contributed by atoms with Gasteiger partial charge in [0.05, 0.1) is 6.26 Å². The van der Waals surface area contributed by atoms with E-state index in [-0.39, 0.29) is 12.5 Å². The predicted octanol–water partition coefficient (Wildman–Crippen LogP) is 0.203. The number of rotatable bonds is 6. The SMILES string of the molecule is CC(C)(CNC(=O)c1cccc(CN)c1)NS(C)(=O)=O. The van der Waals surface area contributed by atoms with Gasteiger partial charge in [0.1, 0.15) is 0 Å². The Kier molecular flexibility index (Phi) is 5.27. The Morgan fingerprint density at radius 1 is 1.35 bits per heavy atom. The normalized spacial score (nSPS) is 12.2. The van der Waals surface area contributed by atoms with Crippen LogP contribution < -0.4 is 15.8 Å². The summed E-state index contributed by atoms with van der Waals surface area (Å²) in [6.07, 6.45) is 1.08. The highest BCUT2D eigenvalue weighted by Gasteiger charge is 2.22. The predicted molar refractivity (Wildman–Crippen MR) is 78.7 cm³/mol. The minimum Gasteiger partial charge on any atom is -0.350 e. The van der Waals surface area contributed by atoms with Crippen molar-refractivity contribution in [1.29, 1.82) is 0 Å². The maximum Gasteiger partial charge on any atom is 0.251 e. The Labute approximate surface area is 119 Å². The highest BCUT2D eigenvalue weighted by Crippen LogP contribution is 2.06. The second-order valence-electron chi connectivity index (χ2n) is 5.35. The molecule has 0 spiro atoms. The third-order valence-corrected chi connectivity index (χ3v) is 3.50. The molecule has 0 aliphatic heterocycles. The first kappa shape index (κ1) is 16.6.